The Kier molecular flexibility index (Phi) is 7.89. The molecule has 2 aromatic carbocycles. The number of hydrogen-bond acceptors (Lipinski definition) is 6. The first-order valence-electron chi connectivity index (χ1n) is 10.3. The Balaban J connectivity index is 0.00000306. The van der Waals surface area contributed by atoms with E-state index in [0.717, 1.165) is 39.0 Å². The van der Waals surface area contributed by atoms with Crippen molar-refractivity contribution in [2.45, 2.75) is 20.4 Å². The summed E-state index contributed by atoms with van der Waals surface area (Å²) in [6.45, 7) is 4.58. The van der Waals surface area contributed by atoms with Crippen LogP contribution in [0.5, 0.6) is 0 Å². The van der Waals surface area contributed by atoms with Crippen LogP contribution in [0.1, 0.15) is 27.9 Å². The van der Waals surface area contributed by atoms with E-state index in [2.05, 4.69) is 34.5 Å². The highest BCUT2D eigenvalue weighted by atomic mass is 35.5. The summed E-state index contributed by atoms with van der Waals surface area (Å²) in [5.41, 5.74) is 4.71. The maximum atomic E-state index is 12.4. The van der Waals surface area contributed by atoms with Gasteiger partial charge in [-0.2, -0.15) is 0 Å². The lowest BCUT2D eigenvalue weighted by Crippen LogP contribution is -2.08. The SMILES string of the molecule is CCOC(=O)c1sc2nc(-c3ccc(N(C)C)cc3)c(NCc3ccccc3Cl)n2c1C.Cl. The van der Waals surface area contributed by atoms with E-state index in [1.807, 2.05) is 49.7 Å². The van der Waals surface area contributed by atoms with Gasteiger partial charge in [0.15, 0.2) is 4.96 Å². The molecule has 0 aliphatic heterocycles. The van der Waals surface area contributed by atoms with Crippen LogP contribution in [0.15, 0.2) is 48.5 Å². The van der Waals surface area contributed by atoms with Crippen LogP contribution in [0, 0.1) is 6.92 Å². The summed E-state index contributed by atoms with van der Waals surface area (Å²) in [7, 11) is 4.02. The van der Waals surface area contributed by atoms with Crippen LogP contribution in [0.3, 0.4) is 0 Å². The van der Waals surface area contributed by atoms with Crippen LogP contribution >= 0.6 is 35.3 Å². The maximum Gasteiger partial charge on any atom is 0.350 e. The Morgan fingerprint density at radius 1 is 1.18 bits per heavy atom. The molecule has 2 aromatic heterocycles. The van der Waals surface area contributed by atoms with Crippen molar-refractivity contribution < 1.29 is 9.53 Å². The lowest BCUT2D eigenvalue weighted by molar-refractivity contribution is 0.0531. The Morgan fingerprint density at radius 2 is 1.88 bits per heavy atom. The highest BCUT2D eigenvalue weighted by molar-refractivity contribution is 7.19. The number of imidazole rings is 1. The Bertz CT molecular complexity index is 1270. The molecular formula is C24H26Cl2N4O2S. The third-order valence-corrected chi connectivity index (χ3v) is 6.72. The van der Waals surface area contributed by atoms with Crippen molar-refractivity contribution in [3.8, 4) is 11.3 Å². The quantitative estimate of drug-likeness (QED) is 0.299. The number of ether oxygens (including phenoxy) is 1. The Hall–Kier alpha value is -2.74. The number of benzene rings is 2. The summed E-state index contributed by atoms with van der Waals surface area (Å²) in [6, 6.07) is 16.0. The summed E-state index contributed by atoms with van der Waals surface area (Å²) in [5, 5.41) is 4.22. The second-order valence-corrected chi connectivity index (χ2v) is 8.94. The minimum absolute atomic E-state index is 0. The van der Waals surface area contributed by atoms with E-state index < -0.39 is 0 Å². The van der Waals surface area contributed by atoms with Gasteiger partial charge in [-0.3, -0.25) is 4.40 Å². The summed E-state index contributed by atoms with van der Waals surface area (Å²) < 4.78 is 7.22. The summed E-state index contributed by atoms with van der Waals surface area (Å²) in [6.07, 6.45) is 0. The van der Waals surface area contributed by atoms with Crippen molar-refractivity contribution in [2.75, 3.05) is 30.9 Å². The van der Waals surface area contributed by atoms with Gasteiger partial charge < -0.3 is 15.0 Å². The fraction of sp³-hybridized carbons (Fsp3) is 0.250. The number of esters is 1. The number of fused-ring (bicyclic) bond motifs is 1. The number of aromatic nitrogens is 2. The number of hydrogen-bond donors (Lipinski definition) is 1. The topological polar surface area (TPSA) is 58.9 Å². The molecule has 0 aliphatic rings. The lowest BCUT2D eigenvalue weighted by Gasteiger charge is -2.13. The minimum Gasteiger partial charge on any atom is -0.462 e. The molecule has 0 saturated carbocycles. The third-order valence-electron chi connectivity index (χ3n) is 5.23. The zero-order valence-electron chi connectivity index (χ0n) is 18.9. The molecule has 0 radical (unpaired) electrons. The van der Waals surface area contributed by atoms with Crippen molar-refractivity contribution in [1.82, 2.24) is 9.38 Å². The van der Waals surface area contributed by atoms with Gasteiger partial charge in [-0.1, -0.05) is 53.3 Å². The van der Waals surface area contributed by atoms with Gasteiger partial charge in [0.2, 0.25) is 0 Å². The van der Waals surface area contributed by atoms with Crippen molar-refractivity contribution in [1.29, 1.82) is 0 Å². The number of halogens is 2. The first kappa shape index (κ1) is 24.9. The molecule has 0 unspecified atom stereocenters. The van der Waals surface area contributed by atoms with Gasteiger partial charge in [-0.25, -0.2) is 9.78 Å². The van der Waals surface area contributed by atoms with Gasteiger partial charge in [0.05, 0.1) is 6.61 Å². The van der Waals surface area contributed by atoms with Crippen LogP contribution in [0.4, 0.5) is 11.5 Å². The fourth-order valence-electron chi connectivity index (χ4n) is 3.53. The number of aryl methyl sites for hydroxylation is 1. The van der Waals surface area contributed by atoms with Crippen LogP contribution in [-0.2, 0) is 11.3 Å². The second-order valence-electron chi connectivity index (χ2n) is 7.55. The van der Waals surface area contributed by atoms with Gasteiger partial charge in [-0.15, -0.1) is 12.4 Å². The molecular weight excluding hydrogens is 479 g/mol. The average molecular weight is 505 g/mol. The van der Waals surface area contributed by atoms with Gasteiger partial charge in [0.25, 0.3) is 0 Å². The van der Waals surface area contributed by atoms with Gasteiger partial charge >= 0.3 is 5.97 Å². The zero-order valence-corrected chi connectivity index (χ0v) is 21.3. The fourth-order valence-corrected chi connectivity index (χ4v) is 4.76. The van der Waals surface area contributed by atoms with E-state index in [9.17, 15) is 4.79 Å². The molecule has 0 bridgehead atoms. The van der Waals surface area contributed by atoms with Crippen LogP contribution in [-0.4, -0.2) is 36.1 Å². The molecule has 4 rings (SSSR count). The molecule has 9 heteroatoms. The third kappa shape index (κ3) is 4.95. The van der Waals surface area contributed by atoms with Crippen LogP contribution in [0.25, 0.3) is 16.2 Å². The first-order valence-corrected chi connectivity index (χ1v) is 11.5. The van der Waals surface area contributed by atoms with Gasteiger partial charge in [-0.05, 0) is 37.6 Å². The first-order chi connectivity index (χ1) is 15.4. The second kappa shape index (κ2) is 10.5. The Labute approximate surface area is 208 Å². The summed E-state index contributed by atoms with van der Waals surface area (Å²) >= 11 is 7.71. The predicted molar refractivity (Wildman–Crippen MR) is 140 cm³/mol. The number of rotatable bonds is 7. The van der Waals surface area contributed by atoms with E-state index in [1.54, 1.807) is 6.92 Å². The number of carbonyl (C=O) groups excluding carboxylic acids is 1. The van der Waals surface area contributed by atoms with Crippen molar-refractivity contribution in [3.63, 3.8) is 0 Å². The molecule has 0 saturated heterocycles. The zero-order chi connectivity index (χ0) is 22.8. The number of nitrogens with zero attached hydrogens (tertiary/aromatic N) is 3. The molecule has 6 nitrogen and oxygen atoms in total. The minimum atomic E-state index is -0.325. The van der Waals surface area contributed by atoms with Gasteiger partial charge in [0.1, 0.15) is 16.4 Å². The highest BCUT2D eigenvalue weighted by Gasteiger charge is 2.23. The van der Waals surface area contributed by atoms with Crippen LogP contribution < -0.4 is 10.2 Å². The van der Waals surface area contributed by atoms with E-state index in [1.165, 1.54) is 11.3 Å². The molecule has 0 spiro atoms. The van der Waals surface area contributed by atoms with Gasteiger partial charge in [0, 0.05) is 42.6 Å². The van der Waals surface area contributed by atoms with Crippen LogP contribution in [0.2, 0.25) is 5.02 Å². The molecule has 174 valence electrons. The van der Waals surface area contributed by atoms with Crippen molar-refractivity contribution in [3.05, 3.63) is 69.7 Å². The van der Waals surface area contributed by atoms with Crippen molar-refractivity contribution in [2.24, 2.45) is 0 Å². The molecule has 0 fully saturated rings. The largest absolute Gasteiger partial charge is 0.462 e. The average Bonchev–Trinajstić information content (AvgIpc) is 3.30. The molecule has 2 heterocycles. The van der Waals surface area contributed by atoms with E-state index in [4.69, 9.17) is 21.3 Å². The number of anilines is 2. The molecule has 0 amide bonds. The monoisotopic (exact) mass is 504 g/mol. The van der Waals surface area contributed by atoms with E-state index >= 15 is 0 Å². The van der Waals surface area contributed by atoms with E-state index in [0.29, 0.717) is 23.1 Å². The lowest BCUT2D eigenvalue weighted by atomic mass is 10.1. The van der Waals surface area contributed by atoms with Crippen molar-refractivity contribution >= 4 is 57.8 Å². The van der Waals surface area contributed by atoms with E-state index in [-0.39, 0.29) is 18.4 Å². The maximum absolute atomic E-state index is 12.4. The smallest absolute Gasteiger partial charge is 0.350 e. The molecule has 0 aliphatic carbocycles. The number of nitrogens with one attached hydrogen (secondary N) is 1. The predicted octanol–water partition coefficient (Wildman–Crippen LogP) is 6.30. The molecule has 1 N–H and O–H groups in total. The normalized spacial score (nSPS) is 10.7. The highest BCUT2D eigenvalue weighted by Crippen LogP contribution is 2.36. The number of carbonyl (C=O) groups is 1. The standard InChI is InChI=1S/C24H25ClN4O2S.ClH/c1-5-31-23(30)21-15(2)29-22(26-14-17-8-6-7-9-19(17)25)20(27-24(29)32-21)16-10-12-18(13-11-16)28(3)4;/h6-13,26H,5,14H2,1-4H3;1H. The molecule has 0 atom stereocenters. The summed E-state index contributed by atoms with van der Waals surface area (Å²) in [5.74, 6) is 0.497. The number of thiazole rings is 1. The molecule has 33 heavy (non-hydrogen) atoms. The Morgan fingerprint density at radius 3 is 2.52 bits per heavy atom. The summed E-state index contributed by atoms with van der Waals surface area (Å²) in [4.78, 5) is 20.7. The molecule has 4 aromatic rings.